The van der Waals surface area contributed by atoms with Crippen molar-refractivity contribution >= 4 is 0 Å². The predicted molar refractivity (Wildman–Crippen MR) is 128 cm³/mol. The fourth-order valence-corrected chi connectivity index (χ4v) is 3.76. The van der Waals surface area contributed by atoms with Crippen LogP contribution in [-0.4, -0.2) is 9.97 Å². The average Bonchev–Trinajstić information content (AvgIpc) is 2.90. The largest absolute Gasteiger partial charge is 0.228 e. The van der Waals surface area contributed by atoms with Crippen LogP contribution >= 0.6 is 0 Å². The second-order valence-corrected chi connectivity index (χ2v) is 7.70. The summed E-state index contributed by atoms with van der Waals surface area (Å²) in [7, 11) is 0. The third kappa shape index (κ3) is 4.17. The van der Waals surface area contributed by atoms with Crippen LogP contribution in [0.3, 0.4) is 0 Å². The Morgan fingerprint density at radius 1 is 0.559 bits per heavy atom. The molecule has 1 heterocycles. The number of nitrogens with zero attached hydrogens (tertiary/aromatic N) is 3. The van der Waals surface area contributed by atoms with Gasteiger partial charge in [-0.25, -0.2) is 18.7 Å². The Bertz CT molecular complexity index is 1470. The molecule has 0 amide bonds. The van der Waals surface area contributed by atoms with Crippen LogP contribution in [0.4, 0.5) is 8.78 Å². The van der Waals surface area contributed by atoms with Crippen LogP contribution in [0.25, 0.3) is 45.0 Å². The third-order valence-corrected chi connectivity index (χ3v) is 5.48. The number of hydrogen-bond acceptors (Lipinski definition) is 3. The smallest absolute Gasteiger partial charge is 0.160 e. The van der Waals surface area contributed by atoms with Crippen LogP contribution in [0.1, 0.15) is 5.56 Å². The molecule has 162 valence electrons. The summed E-state index contributed by atoms with van der Waals surface area (Å²) in [5.74, 6) is -0.843. The van der Waals surface area contributed by atoms with Crippen molar-refractivity contribution in [2.45, 2.75) is 0 Å². The number of rotatable bonds is 4. The fraction of sp³-hybridized carbons (Fsp3) is 0. The van der Waals surface area contributed by atoms with Crippen molar-refractivity contribution in [3.8, 4) is 51.1 Å². The Hall–Kier alpha value is -4.69. The lowest BCUT2D eigenvalue weighted by atomic mass is 10.00. The first-order chi connectivity index (χ1) is 16.6. The second-order valence-electron chi connectivity index (χ2n) is 7.70. The summed E-state index contributed by atoms with van der Waals surface area (Å²) in [4.78, 5) is 9.49. The van der Waals surface area contributed by atoms with Crippen molar-refractivity contribution in [3.05, 3.63) is 120 Å². The van der Waals surface area contributed by atoms with Crippen molar-refractivity contribution < 1.29 is 8.78 Å². The van der Waals surface area contributed by atoms with E-state index in [1.165, 1.54) is 18.2 Å². The van der Waals surface area contributed by atoms with E-state index < -0.39 is 11.6 Å². The van der Waals surface area contributed by atoms with Gasteiger partial charge in [0, 0.05) is 27.8 Å². The normalized spacial score (nSPS) is 10.6. The van der Waals surface area contributed by atoms with Gasteiger partial charge in [-0.2, -0.15) is 5.26 Å². The number of halogens is 2. The third-order valence-electron chi connectivity index (χ3n) is 5.48. The highest BCUT2D eigenvalue weighted by Crippen LogP contribution is 2.32. The van der Waals surface area contributed by atoms with Crippen LogP contribution in [0, 0.1) is 23.0 Å². The maximum Gasteiger partial charge on any atom is 0.160 e. The molecule has 0 fully saturated rings. The molecule has 0 radical (unpaired) electrons. The van der Waals surface area contributed by atoms with Crippen LogP contribution < -0.4 is 0 Å². The van der Waals surface area contributed by atoms with E-state index in [2.05, 4.69) is 0 Å². The molecule has 0 saturated carbocycles. The molecule has 0 atom stereocenters. The highest BCUT2D eigenvalue weighted by atomic mass is 19.1. The van der Waals surface area contributed by atoms with Gasteiger partial charge in [0.05, 0.1) is 23.0 Å². The molecule has 1 aromatic heterocycles. The van der Waals surface area contributed by atoms with Gasteiger partial charge < -0.3 is 0 Å². The molecule has 5 aromatic rings. The van der Waals surface area contributed by atoms with E-state index in [-0.39, 0.29) is 16.7 Å². The molecular formula is C29H17F2N3. The average molecular weight is 445 g/mol. The minimum Gasteiger partial charge on any atom is -0.228 e. The van der Waals surface area contributed by atoms with E-state index in [0.29, 0.717) is 11.4 Å². The number of hydrogen-bond donors (Lipinski definition) is 0. The zero-order chi connectivity index (χ0) is 23.5. The molecular weight excluding hydrogens is 428 g/mol. The molecule has 5 heteroatoms. The Morgan fingerprint density at radius 3 is 1.74 bits per heavy atom. The van der Waals surface area contributed by atoms with Crippen molar-refractivity contribution in [2.24, 2.45) is 0 Å². The van der Waals surface area contributed by atoms with E-state index in [9.17, 15) is 8.78 Å². The lowest BCUT2D eigenvalue weighted by molar-refractivity contribution is 0.616. The Morgan fingerprint density at radius 2 is 1.18 bits per heavy atom. The summed E-state index contributed by atoms with van der Waals surface area (Å²) in [6.45, 7) is 0. The summed E-state index contributed by atoms with van der Waals surface area (Å²) < 4.78 is 29.4. The maximum atomic E-state index is 14.7. The minimum absolute atomic E-state index is 0.0702. The number of nitriles is 1. The van der Waals surface area contributed by atoms with Crippen LogP contribution in [0.15, 0.2) is 103 Å². The van der Waals surface area contributed by atoms with Gasteiger partial charge >= 0.3 is 0 Å². The monoisotopic (exact) mass is 445 g/mol. The first-order valence-corrected chi connectivity index (χ1v) is 10.6. The highest BCUT2D eigenvalue weighted by molar-refractivity contribution is 5.75. The first kappa shape index (κ1) is 21.2. The Labute approximate surface area is 195 Å². The molecule has 0 spiro atoms. The van der Waals surface area contributed by atoms with Gasteiger partial charge in [-0.1, -0.05) is 66.7 Å². The summed E-state index contributed by atoms with van der Waals surface area (Å²) in [5.41, 5.74) is 4.15. The van der Waals surface area contributed by atoms with Crippen molar-refractivity contribution in [3.63, 3.8) is 0 Å². The van der Waals surface area contributed by atoms with Crippen molar-refractivity contribution in [1.82, 2.24) is 9.97 Å². The van der Waals surface area contributed by atoms with Crippen molar-refractivity contribution in [1.29, 1.82) is 5.26 Å². The van der Waals surface area contributed by atoms with Crippen LogP contribution in [-0.2, 0) is 0 Å². The highest BCUT2D eigenvalue weighted by Gasteiger charge is 2.15. The number of aromatic nitrogens is 2. The molecule has 3 nitrogen and oxygen atoms in total. The topological polar surface area (TPSA) is 49.6 Å². The molecule has 0 aliphatic rings. The van der Waals surface area contributed by atoms with Gasteiger partial charge in [-0.05, 0) is 36.4 Å². The zero-order valence-electron chi connectivity index (χ0n) is 17.9. The van der Waals surface area contributed by atoms with Crippen LogP contribution in [0.5, 0.6) is 0 Å². The SMILES string of the molecule is N#Cc1ccc(-c2cc(-c3nc(-c4ccccc4)cc(-c4ccccc4)n3)ccc2F)c(F)c1. The van der Waals surface area contributed by atoms with Gasteiger partial charge in [0.1, 0.15) is 11.6 Å². The first-order valence-electron chi connectivity index (χ1n) is 10.6. The van der Waals surface area contributed by atoms with Gasteiger partial charge in [0.2, 0.25) is 0 Å². The van der Waals surface area contributed by atoms with E-state index in [1.807, 2.05) is 72.8 Å². The molecule has 0 saturated heterocycles. The zero-order valence-corrected chi connectivity index (χ0v) is 17.9. The van der Waals surface area contributed by atoms with Crippen molar-refractivity contribution in [2.75, 3.05) is 0 Å². The lowest BCUT2D eigenvalue weighted by Crippen LogP contribution is -1.97. The maximum absolute atomic E-state index is 14.7. The quantitative estimate of drug-likeness (QED) is 0.292. The molecule has 4 aromatic carbocycles. The fourth-order valence-electron chi connectivity index (χ4n) is 3.76. The molecule has 0 bridgehead atoms. The van der Waals surface area contributed by atoms with Crippen LogP contribution in [0.2, 0.25) is 0 Å². The minimum atomic E-state index is -0.668. The molecule has 0 aliphatic carbocycles. The summed E-state index contributed by atoms with van der Waals surface area (Å²) in [5, 5.41) is 9.00. The molecule has 5 rings (SSSR count). The van der Waals surface area contributed by atoms with E-state index in [4.69, 9.17) is 15.2 Å². The second kappa shape index (κ2) is 9.05. The standard InChI is InChI=1S/C29H17F2N3/c30-25-14-12-22(16-24(25)23-13-11-19(18-32)15-26(23)31)29-33-27(20-7-3-1-4-8-20)17-28(34-29)21-9-5-2-6-10-21/h1-17H. The van der Waals surface area contributed by atoms with Gasteiger partial charge in [-0.15, -0.1) is 0 Å². The van der Waals surface area contributed by atoms with Gasteiger partial charge in [0.25, 0.3) is 0 Å². The Balaban J connectivity index is 1.68. The molecule has 0 N–H and O–H groups in total. The summed E-state index contributed by atoms with van der Waals surface area (Å²) in [6, 6.07) is 31.6. The molecule has 0 unspecified atom stereocenters. The molecule has 0 aliphatic heterocycles. The van der Waals surface area contributed by atoms with E-state index in [0.717, 1.165) is 28.6 Å². The molecule has 34 heavy (non-hydrogen) atoms. The predicted octanol–water partition coefficient (Wildman–Crippen LogP) is 7.29. The van der Waals surface area contributed by atoms with Gasteiger partial charge in [-0.3, -0.25) is 0 Å². The summed E-state index contributed by atoms with van der Waals surface area (Å²) in [6.07, 6.45) is 0. The van der Waals surface area contributed by atoms with E-state index >= 15 is 0 Å². The van der Waals surface area contributed by atoms with Gasteiger partial charge in [0.15, 0.2) is 5.82 Å². The van der Waals surface area contributed by atoms with E-state index in [1.54, 1.807) is 12.1 Å². The lowest BCUT2D eigenvalue weighted by Gasteiger charge is -2.11. The number of benzene rings is 4. The Kier molecular flexibility index (Phi) is 5.63. The summed E-state index contributed by atoms with van der Waals surface area (Å²) >= 11 is 0.